The maximum absolute atomic E-state index is 14.0. The van der Waals surface area contributed by atoms with Gasteiger partial charge < -0.3 is 10.0 Å². The van der Waals surface area contributed by atoms with Gasteiger partial charge in [0.1, 0.15) is 18.0 Å². The van der Waals surface area contributed by atoms with Crippen molar-refractivity contribution < 1.29 is 14.3 Å². The molecule has 0 saturated carbocycles. The number of carboxylic acids is 1. The summed E-state index contributed by atoms with van der Waals surface area (Å²) in [4.78, 5) is 21.2. The van der Waals surface area contributed by atoms with Crippen LogP contribution >= 0.6 is 0 Å². The van der Waals surface area contributed by atoms with Crippen molar-refractivity contribution in [1.82, 2.24) is 9.97 Å². The van der Waals surface area contributed by atoms with Gasteiger partial charge in [0.25, 0.3) is 0 Å². The van der Waals surface area contributed by atoms with Gasteiger partial charge in [-0.1, -0.05) is 6.07 Å². The van der Waals surface area contributed by atoms with E-state index >= 15 is 0 Å². The predicted molar refractivity (Wildman–Crippen MR) is 72.1 cm³/mol. The molecule has 0 unspecified atom stereocenters. The Morgan fingerprint density at radius 1 is 1.30 bits per heavy atom. The molecule has 104 valence electrons. The molecule has 1 aliphatic rings. The van der Waals surface area contributed by atoms with E-state index in [4.69, 9.17) is 5.11 Å². The molecule has 0 bridgehead atoms. The van der Waals surface area contributed by atoms with Crippen LogP contribution in [0.25, 0.3) is 10.9 Å². The fraction of sp³-hybridized carbons (Fsp3) is 0.357. The lowest BCUT2D eigenvalue weighted by Crippen LogP contribution is -2.37. The normalized spacial score (nSPS) is 16.6. The molecule has 1 fully saturated rings. The first kappa shape index (κ1) is 12.8. The minimum Gasteiger partial charge on any atom is -0.481 e. The molecule has 5 nitrogen and oxygen atoms in total. The SMILES string of the molecule is O=C(O)C1CCN(c2ncnc3cccc(F)c23)CC1. The van der Waals surface area contributed by atoms with Crippen molar-refractivity contribution in [3.8, 4) is 0 Å². The Bertz CT molecular complexity index is 649. The quantitative estimate of drug-likeness (QED) is 0.908. The number of rotatable bonds is 2. The average molecular weight is 275 g/mol. The summed E-state index contributed by atoms with van der Waals surface area (Å²) in [6.07, 6.45) is 2.52. The van der Waals surface area contributed by atoms with Gasteiger partial charge in [0, 0.05) is 13.1 Å². The summed E-state index contributed by atoms with van der Waals surface area (Å²) in [6.45, 7) is 1.13. The molecule has 1 N–H and O–H groups in total. The highest BCUT2D eigenvalue weighted by molar-refractivity contribution is 5.89. The Hall–Kier alpha value is -2.24. The van der Waals surface area contributed by atoms with E-state index in [1.165, 1.54) is 12.4 Å². The van der Waals surface area contributed by atoms with Crippen molar-refractivity contribution in [3.05, 3.63) is 30.3 Å². The van der Waals surface area contributed by atoms with Gasteiger partial charge >= 0.3 is 5.97 Å². The summed E-state index contributed by atoms with van der Waals surface area (Å²) in [5, 5.41) is 9.41. The summed E-state index contributed by atoms with van der Waals surface area (Å²) >= 11 is 0. The molecule has 1 aromatic carbocycles. The summed E-state index contributed by atoms with van der Waals surface area (Å²) in [5.41, 5.74) is 0.565. The molecule has 0 spiro atoms. The molecule has 3 rings (SSSR count). The molecule has 20 heavy (non-hydrogen) atoms. The van der Waals surface area contributed by atoms with E-state index in [2.05, 4.69) is 9.97 Å². The number of nitrogens with zero attached hydrogens (tertiary/aromatic N) is 3. The van der Waals surface area contributed by atoms with E-state index in [1.807, 2.05) is 4.90 Å². The smallest absolute Gasteiger partial charge is 0.306 e. The molecule has 0 aliphatic carbocycles. The van der Waals surface area contributed by atoms with Gasteiger partial charge in [-0.3, -0.25) is 4.79 Å². The second-order valence-corrected chi connectivity index (χ2v) is 4.93. The number of halogens is 1. The Labute approximate surface area is 115 Å². The number of aromatic nitrogens is 2. The number of hydrogen-bond donors (Lipinski definition) is 1. The monoisotopic (exact) mass is 275 g/mol. The maximum atomic E-state index is 14.0. The van der Waals surface area contributed by atoms with Crippen molar-refractivity contribution in [2.75, 3.05) is 18.0 Å². The molecular formula is C14H14FN3O2. The van der Waals surface area contributed by atoms with Crippen LogP contribution in [0.4, 0.5) is 10.2 Å². The van der Waals surface area contributed by atoms with Gasteiger partial charge in [-0.25, -0.2) is 14.4 Å². The second kappa shape index (κ2) is 5.03. The van der Waals surface area contributed by atoms with Crippen molar-refractivity contribution in [2.45, 2.75) is 12.8 Å². The molecule has 1 saturated heterocycles. The number of carboxylic acid groups (broad SMARTS) is 1. The fourth-order valence-corrected chi connectivity index (χ4v) is 2.63. The Kier molecular flexibility index (Phi) is 3.22. The van der Waals surface area contributed by atoms with Crippen LogP contribution in [0.5, 0.6) is 0 Å². The van der Waals surface area contributed by atoms with Crippen LogP contribution in [0, 0.1) is 11.7 Å². The molecule has 2 aromatic rings. The van der Waals surface area contributed by atoms with Crippen molar-refractivity contribution in [1.29, 1.82) is 0 Å². The number of carbonyl (C=O) groups is 1. The van der Waals surface area contributed by atoms with Crippen molar-refractivity contribution in [3.63, 3.8) is 0 Å². The largest absolute Gasteiger partial charge is 0.481 e. The number of piperidine rings is 1. The van der Waals surface area contributed by atoms with E-state index in [0.717, 1.165) is 0 Å². The Balaban J connectivity index is 1.94. The molecule has 1 aromatic heterocycles. The molecule has 0 radical (unpaired) electrons. The lowest BCUT2D eigenvalue weighted by molar-refractivity contribution is -0.142. The molecule has 2 heterocycles. The van der Waals surface area contributed by atoms with E-state index < -0.39 is 5.97 Å². The summed E-state index contributed by atoms with van der Waals surface area (Å²) < 4.78 is 14.0. The van der Waals surface area contributed by atoms with Crippen LogP contribution in [0.2, 0.25) is 0 Å². The standard InChI is InChI=1S/C14H14FN3O2/c15-10-2-1-3-11-12(10)13(17-8-16-11)18-6-4-9(5-7-18)14(19)20/h1-3,8-9H,4-7H2,(H,19,20). The number of anilines is 1. The zero-order chi connectivity index (χ0) is 14.1. The fourth-order valence-electron chi connectivity index (χ4n) is 2.63. The second-order valence-electron chi connectivity index (χ2n) is 4.93. The third-order valence-electron chi connectivity index (χ3n) is 3.74. The zero-order valence-electron chi connectivity index (χ0n) is 10.8. The van der Waals surface area contributed by atoms with Gasteiger partial charge in [0.2, 0.25) is 0 Å². The zero-order valence-corrected chi connectivity index (χ0v) is 10.8. The van der Waals surface area contributed by atoms with E-state index in [1.54, 1.807) is 12.1 Å². The Morgan fingerprint density at radius 2 is 2.05 bits per heavy atom. The third kappa shape index (κ3) is 2.17. The summed E-state index contributed by atoms with van der Waals surface area (Å²) in [5.74, 6) is -0.872. The van der Waals surface area contributed by atoms with Gasteiger partial charge in [-0.15, -0.1) is 0 Å². The van der Waals surface area contributed by atoms with Crippen LogP contribution in [-0.4, -0.2) is 34.1 Å². The first-order valence-corrected chi connectivity index (χ1v) is 6.54. The lowest BCUT2D eigenvalue weighted by atomic mass is 9.97. The minimum absolute atomic E-state index is 0.316. The topological polar surface area (TPSA) is 66.3 Å². The minimum atomic E-state index is -0.761. The highest BCUT2D eigenvalue weighted by Crippen LogP contribution is 2.29. The van der Waals surface area contributed by atoms with Crippen LogP contribution < -0.4 is 4.90 Å². The van der Waals surface area contributed by atoms with Crippen LogP contribution in [-0.2, 0) is 4.79 Å². The number of aliphatic carboxylic acids is 1. The molecule has 0 amide bonds. The number of hydrogen-bond acceptors (Lipinski definition) is 4. The first-order chi connectivity index (χ1) is 9.66. The van der Waals surface area contributed by atoms with Gasteiger partial charge in [0.05, 0.1) is 16.8 Å². The summed E-state index contributed by atoms with van der Waals surface area (Å²) in [7, 11) is 0. The molecule has 6 heteroatoms. The molecule has 1 aliphatic heterocycles. The molecule has 0 atom stereocenters. The first-order valence-electron chi connectivity index (χ1n) is 6.54. The highest BCUT2D eigenvalue weighted by atomic mass is 19.1. The van der Waals surface area contributed by atoms with Crippen LogP contribution in [0.15, 0.2) is 24.5 Å². The van der Waals surface area contributed by atoms with Gasteiger partial charge in [-0.2, -0.15) is 0 Å². The maximum Gasteiger partial charge on any atom is 0.306 e. The highest BCUT2D eigenvalue weighted by Gasteiger charge is 2.26. The van der Waals surface area contributed by atoms with Gasteiger partial charge in [-0.05, 0) is 25.0 Å². The average Bonchev–Trinajstić information content (AvgIpc) is 2.47. The van der Waals surface area contributed by atoms with E-state index in [0.29, 0.717) is 42.7 Å². The van der Waals surface area contributed by atoms with E-state index in [-0.39, 0.29) is 11.7 Å². The van der Waals surface area contributed by atoms with Crippen LogP contribution in [0.1, 0.15) is 12.8 Å². The predicted octanol–water partition coefficient (Wildman–Crippen LogP) is 2.07. The van der Waals surface area contributed by atoms with Crippen molar-refractivity contribution >= 4 is 22.7 Å². The third-order valence-corrected chi connectivity index (χ3v) is 3.74. The van der Waals surface area contributed by atoms with Crippen molar-refractivity contribution in [2.24, 2.45) is 5.92 Å². The van der Waals surface area contributed by atoms with E-state index in [9.17, 15) is 9.18 Å². The summed E-state index contributed by atoms with van der Waals surface area (Å²) in [6, 6.07) is 4.75. The lowest BCUT2D eigenvalue weighted by Gasteiger charge is -2.31. The Morgan fingerprint density at radius 3 is 2.75 bits per heavy atom. The number of benzene rings is 1. The van der Waals surface area contributed by atoms with Crippen LogP contribution in [0.3, 0.4) is 0 Å². The number of fused-ring (bicyclic) bond motifs is 1. The van der Waals surface area contributed by atoms with Gasteiger partial charge in [0.15, 0.2) is 0 Å². The molecular weight excluding hydrogens is 261 g/mol.